The Morgan fingerprint density at radius 3 is 2.58 bits per heavy atom. The molecule has 0 saturated heterocycles. The van der Waals surface area contributed by atoms with Crippen LogP contribution in [-0.4, -0.2) is 15.9 Å². The van der Waals surface area contributed by atoms with Gasteiger partial charge in [0.1, 0.15) is 17.3 Å². The first-order chi connectivity index (χ1) is 15.2. The lowest BCUT2D eigenvalue weighted by Gasteiger charge is -2.22. The highest BCUT2D eigenvalue weighted by molar-refractivity contribution is 6.30. The monoisotopic (exact) mass is 431 g/mol. The van der Waals surface area contributed by atoms with Crippen molar-refractivity contribution in [3.63, 3.8) is 0 Å². The zero-order chi connectivity index (χ0) is 21.2. The number of hydrogen-bond acceptors (Lipinski definition) is 4. The Morgan fingerprint density at radius 1 is 1.00 bits per heavy atom. The molecule has 0 unspecified atom stereocenters. The van der Waals surface area contributed by atoms with Gasteiger partial charge in [-0.2, -0.15) is 9.78 Å². The van der Waals surface area contributed by atoms with E-state index in [1.165, 1.54) is 11.1 Å². The van der Waals surface area contributed by atoms with Crippen LogP contribution >= 0.6 is 11.6 Å². The minimum absolute atomic E-state index is 0.146. The van der Waals surface area contributed by atoms with Gasteiger partial charge in [0, 0.05) is 16.5 Å². The van der Waals surface area contributed by atoms with Gasteiger partial charge in [-0.15, -0.1) is 0 Å². The summed E-state index contributed by atoms with van der Waals surface area (Å²) in [6, 6.07) is 18.6. The first kappa shape index (κ1) is 19.8. The van der Waals surface area contributed by atoms with Crippen molar-refractivity contribution >= 4 is 28.7 Å². The van der Waals surface area contributed by atoms with E-state index in [4.69, 9.17) is 21.0 Å². The van der Waals surface area contributed by atoms with Crippen LogP contribution in [0.2, 0.25) is 5.02 Å². The summed E-state index contributed by atoms with van der Waals surface area (Å²) in [5.74, 6) is 2.27. The Hall–Kier alpha value is -3.18. The molecular weight excluding hydrogens is 410 g/mol. The fourth-order valence-electron chi connectivity index (χ4n) is 4.18. The largest absolute Gasteiger partial charge is 0.455 e. The molecular formula is C25H22ClN3O2. The second kappa shape index (κ2) is 8.52. The van der Waals surface area contributed by atoms with Crippen molar-refractivity contribution in [1.82, 2.24) is 9.66 Å². The second-order valence-corrected chi connectivity index (χ2v) is 8.33. The number of hydrogen-bond donors (Lipinski definition) is 0. The third-order valence-electron chi connectivity index (χ3n) is 5.81. The number of halogens is 1. The van der Waals surface area contributed by atoms with Crippen molar-refractivity contribution in [3.8, 4) is 11.3 Å². The van der Waals surface area contributed by atoms with Gasteiger partial charge in [0.25, 0.3) is 5.56 Å². The molecule has 2 aromatic heterocycles. The van der Waals surface area contributed by atoms with Gasteiger partial charge in [0.15, 0.2) is 0 Å². The predicted octanol–water partition coefficient (Wildman–Crippen LogP) is 6.24. The number of furan rings is 1. The molecule has 31 heavy (non-hydrogen) atoms. The first-order valence-electron chi connectivity index (χ1n) is 10.6. The zero-order valence-corrected chi connectivity index (χ0v) is 17.8. The standard InChI is InChI=1S/C25H22ClN3O2/c26-19-12-10-17(11-13-19)23-15-14-20(31-23)16-27-29-24(18-6-2-1-3-7-18)28-22-9-5-4-8-21(22)25(29)30/h4-5,8-16,18H,1-3,6-7H2. The SMILES string of the molecule is O=c1c2ccccc2nc(C2CCCCC2)n1N=Cc1ccc(-c2ccc(Cl)cc2)o1. The average molecular weight is 432 g/mol. The van der Waals surface area contributed by atoms with Gasteiger partial charge in [0.05, 0.1) is 17.1 Å². The van der Waals surface area contributed by atoms with E-state index in [1.807, 2.05) is 54.6 Å². The Balaban J connectivity index is 1.53. The summed E-state index contributed by atoms with van der Waals surface area (Å²) in [7, 11) is 0. The number of aromatic nitrogens is 2. The maximum absolute atomic E-state index is 13.2. The van der Waals surface area contributed by atoms with Crippen LogP contribution in [0, 0.1) is 0 Å². The molecule has 0 N–H and O–H groups in total. The minimum Gasteiger partial charge on any atom is -0.455 e. The third kappa shape index (κ3) is 4.06. The molecule has 1 saturated carbocycles. The fourth-order valence-corrected chi connectivity index (χ4v) is 4.31. The Morgan fingerprint density at radius 2 is 1.77 bits per heavy atom. The van der Waals surface area contributed by atoms with E-state index in [0.29, 0.717) is 16.2 Å². The van der Waals surface area contributed by atoms with Crippen molar-refractivity contribution in [2.75, 3.05) is 0 Å². The summed E-state index contributed by atoms with van der Waals surface area (Å²) in [4.78, 5) is 18.1. The van der Waals surface area contributed by atoms with E-state index in [-0.39, 0.29) is 11.5 Å². The highest BCUT2D eigenvalue weighted by atomic mass is 35.5. The maximum Gasteiger partial charge on any atom is 0.282 e. The van der Waals surface area contributed by atoms with Crippen LogP contribution in [0.1, 0.15) is 49.6 Å². The van der Waals surface area contributed by atoms with Crippen LogP contribution in [-0.2, 0) is 0 Å². The molecule has 0 amide bonds. The van der Waals surface area contributed by atoms with Gasteiger partial charge in [-0.25, -0.2) is 4.98 Å². The first-order valence-corrected chi connectivity index (χ1v) is 11.0. The molecule has 6 heteroatoms. The van der Waals surface area contributed by atoms with E-state index < -0.39 is 0 Å². The van der Waals surface area contributed by atoms with Gasteiger partial charge in [-0.3, -0.25) is 4.79 Å². The molecule has 5 nitrogen and oxygen atoms in total. The topological polar surface area (TPSA) is 60.4 Å². The normalized spacial score (nSPS) is 15.1. The van der Waals surface area contributed by atoms with Crippen LogP contribution in [0.4, 0.5) is 0 Å². The third-order valence-corrected chi connectivity index (χ3v) is 6.06. The highest BCUT2D eigenvalue weighted by Crippen LogP contribution is 2.31. The van der Waals surface area contributed by atoms with Crippen LogP contribution < -0.4 is 5.56 Å². The zero-order valence-electron chi connectivity index (χ0n) is 17.0. The van der Waals surface area contributed by atoms with E-state index in [2.05, 4.69) is 5.10 Å². The lowest BCUT2D eigenvalue weighted by Crippen LogP contribution is -2.25. The van der Waals surface area contributed by atoms with E-state index in [0.717, 1.165) is 48.3 Å². The van der Waals surface area contributed by atoms with E-state index in [1.54, 1.807) is 12.3 Å². The lowest BCUT2D eigenvalue weighted by molar-refractivity contribution is 0.416. The van der Waals surface area contributed by atoms with Crippen LogP contribution in [0.5, 0.6) is 0 Å². The molecule has 1 aliphatic carbocycles. The average Bonchev–Trinajstić information content (AvgIpc) is 3.28. The smallest absolute Gasteiger partial charge is 0.282 e. The second-order valence-electron chi connectivity index (χ2n) is 7.89. The number of nitrogens with zero attached hydrogens (tertiary/aromatic N) is 3. The van der Waals surface area contributed by atoms with Crippen LogP contribution in [0.3, 0.4) is 0 Å². The number of benzene rings is 2. The quantitative estimate of drug-likeness (QED) is 0.359. The Bertz CT molecular complexity index is 1300. The molecule has 2 heterocycles. The Labute approximate surface area is 185 Å². The van der Waals surface area contributed by atoms with E-state index >= 15 is 0 Å². The van der Waals surface area contributed by atoms with Gasteiger partial charge in [0.2, 0.25) is 0 Å². The molecule has 2 aromatic carbocycles. The molecule has 1 aliphatic rings. The number of para-hydroxylation sites is 1. The summed E-state index contributed by atoms with van der Waals surface area (Å²) in [5, 5.41) is 5.77. The summed E-state index contributed by atoms with van der Waals surface area (Å²) in [6.45, 7) is 0. The van der Waals surface area contributed by atoms with Crippen LogP contribution in [0.25, 0.3) is 22.2 Å². The molecule has 0 aliphatic heterocycles. The lowest BCUT2D eigenvalue weighted by atomic mass is 9.88. The highest BCUT2D eigenvalue weighted by Gasteiger charge is 2.22. The molecule has 0 atom stereocenters. The summed E-state index contributed by atoms with van der Waals surface area (Å²) in [5.41, 5.74) is 1.51. The van der Waals surface area contributed by atoms with Crippen molar-refractivity contribution in [1.29, 1.82) is 0 Å². The molecule has 4 aromatic rings. The molecule has 156 valence electrons. The molecule has 5 rings (SSSR count). The van der Waals surface area contributed by atoms with Crippen molar-refractivity contribution in [2.24, 2.45) is 5.10 Å². The molecule has 1 fully saturated rings. The fraction of sp³-hybridized carbons (Fsp3) is 0.240. The summed E-state index contributed by atoms with van der Waals surface area (Å²) in [6.07, 6.45) is 7.18. The van der Waals surface area contributed by atoms with Crippen molar-refractivity contribution in [2.45, 2.75) is 38.0 Å². The number of rotatable bonds is 4. The molecule has 0 bridgehead atoms. The summed E-state index contributed by atoms with van der Waals surface area (Å²) < 4.78 is 7.38. The molecule has 0 radical (unpaired) electrons. The van der Waals surface area contributed by atoms with Gasteiger partial charge in [-0.05, 0) is 61.4 Å². The van der Waals surface area contributed by atoms with Gasteiger partial charge >= 0.3 is 0 Å². The maximum atomic E-state index is 13.2. The minimum atomic E-state index is -0.146. The van der Waals surface area contributed by atoms with E-state index in [9.17, 15) is 4.79 Å². The molecule has 0 spiro atoms. The summed E-state index contributed by atoms with van der Waals surface area (Å²) >= 11 is 5.97. The van der Waals surface area contributed by atoms with Gasteiger partial charge in [-0.1, -0.05) is 43.0 Å². The van der Waals surface area contributed by atoms with Crippen molar-refractivity contribution in [3.05, 3.63) is 87.6 Å². The predicted molar refractivity (Wildman–Crippen MR) is 124 cm³/mol. The van der Waals surface area contributed by atoms with Crippen LogP contribution in [0.15, 0.2) is 75.0 Å². The Kier molecular flexibility index (Phi) is 5.43. The number of fused-ring (bicyclic) bond motifs is 1. The van der Waals surface area contributed by atoms with Gasteiger partial charge < -0.3 is 4.42 Å². The van der Waals surface area contributed by atoms with Crippen molar-refractivity contribution < 1.29 is 4.42 Å².